The molecule has 2 rings (SSSR count). The highest BCUT2D eigenvalue weighted by atomic mass is 35.5. The van der Waals surface area contributed by atoms with E-state index < -0.39 is 16.7 Å². The highest BCUT2D eigenvalue weighted by Gasteiger charge is 2.19. The van der Waals surface area contributed by atoms with E-state index in [9.17, 15) is 14.9 Å². The number of nitrogens with zero attached hydrogens (tertiary/aromatic N) is 3. The molecule has 0 saturated carbocycles. The zero-order chi connectivity index (χ0) is 15.4. The molecule has 110 valence electrons. The lowest BCUT2D eigenvalue weighted by molar-refractivity contribution is -0.389. The summed E-state index contributed by atoms with van der Waals surface area (Å²) in [6, 6.07) is 6.19. The molecular weight excluding hydrogens is 302 g/mol. The van der Waals surface area contributed by atoms with Gasteiger partial charge in [0.05, 0.1) is 17.8 Å². The van der Waals surface area contributed by atoms with Gasteiger partial charge < -0.3 is 20.0 Å². The van der Waals surface area contributed by atoms with Crippen LogP contribution < -0.4 is 4.74 Å². The SMILES string of the molecule is O=C(O)c1ccccc1OCCn1cc(Cl)c([N+](=O)[O-])n1. The predicted molar refractivity (Wildman–Crippen MR) is 72.8 cm³/mol. The number of carboxylic acids is 1. The second-order valence-electron chi connectivity index (χ2n) is 3.97. The topological polar surface area (TPSA) is 107 Å². The molecule has 0 radical (unpaired) electrons. The van der Waals surface area contributed by atoms with Gasteiger partial charge in [0, 0.05) is 0 Å². The first kappa shape index (κ1) is 14.8. The van der Waals surface area contributed by atoms with E-state index >= 15 is 0 Å². The molecule has 8 nitrogen and oxygen atoms in total. The van der Waals surface area contributed by atoms with E-state index in [0.29, 0.717) is 0 Å². The summed E-state index contributed by atoms with van der Waals surface area (Å²) >= 11 is 5.66. The lowest BCUT2D eigenvalue weighted by atomic mass is 10.2. The van der Waals surface area contributed by atoms with Crippen LogP contribution in [0, 0.1) is 10.1 Å². The summed E-state index contributed by atoms with van der Waals surface area (Å²) in [6.07, 6.45) is 1.31. The Morgan fingerprint density at radius 2 is 2.19 bits per heavy atom. The van der Waals surface area contributed by atoms with Crippen LogP contribution in [0.1, 0.15) is 10.4 Å². The second-order valence-corrected chi connectivity index (χ2v) is 4.38. The molecule has 0 bridgehead atoms. The maximum absolute atomic E-state index is 11.0. The van der Waals surface area contributed by atoms with Gasteiger partial charge in [0.15, 0.2) is 5.02 Å². The van der Waals surface area contributed by atoms with Crippen LogP contribution in [0.15, 0.2) is 30.5 Å². The molecule has 1 heterocycles. The number of carbonyl (C=O) groups is 1. The number of halogens is 1. The van der Waals surface area contributed by atoms with E-state index in [1.807, 2.05) is 0 Å². The van der Waals surface area contributed by atoms with Gasteiger partial charge in [-0.3, -0.25) is 0 Å². The quantitative estimate of drug-likeness (QED) is 0.647. The van der Waals surface area contributed by atoms with Crippen LogP contribution in [-0.2, 0) is 6.54 Å². The molecule has 0 unspecified atom stereocenters. The van der Waals surface area contributed by atoms with Gasteiger partial charge in [-0.25, -0.2) is 4.79 Å². The summed E-state index contributed by atoms with van der Waals surface area (Å²) in [5.74, 6) is -1.30. The summed E-state index contributed by atoms with van der Waals surface area (Å²) < 4.78 is 6.63. The van der Waals surface area contributed by atoms with Crippen molar-refractivity contribution in [1.29, 1.82) is 0 Å². The van der Waals surface area contributed by atoms with Crippen molar-refractivity contribution in [2.45, 2.75) is 6.54 Å². The maximum atomic E-state index is 11.0. The third-order valence-corrected chi connectivity index (χ3v) is 2.83. The van der Waals surface area contributed by atoms with Crippen molar-refractivity contribution in [3.05, 3.63) is 51.2 Å². The number of aromatic nitrogens is 2. The Bertz CT molecular complexity index is 685. The Labute approximate surface area is 123 Å². The Morgan fingerprint density at radius 3 is 2.81 bits per heavy atom. The molecule has 0 aliphatic rings. The number of ether oxygens (including phenoxy) is 1. The van der Waals surface area contributed by atoms with Gasteiger partial charge in [-0.1, -0.05) is 23.7 Å². The summed E-state index contributed by atoms with van der Waals surface area (Å²) in [7, 11) is 0. The molecule has 1 aromatic heterocycles. The fourth-order valence-corrected chi connectivity index (χ4v) is 1.86. The number of para-hydroxylation sites is 1. The van der Waals surface area contributed by atoms with Crippen LogP contribution in [-0.4, -0.2) is 32.4 Å². The highest BCUT2D eigenvalue weighted by Crippen LogP contribution is 2.21. The lowest BCUT2D eigenvalue weighted by Gasteiger charge is -2.07. The Kier molecular flexibility index (Phi) is 4.39. The van der Waals surface area contributed by atoms with E-state index in [2.05, 4.69) is 5.10 Å². The van der Waals surface area contributed by atoms with Gasteiger partial charge in [-0.15, -0.1) is 0 Å². The highest BCUT2D eigenvalue weighted by molar-refractivity contribution is 6.32. The largest absolute Gasteiger partial charge is 0.491 e. The molecule has 0 saturated heterocycles. The smallest absolute Gasteiger partial charge is 0.408 e. The first-order chi connectivity index (χ1) is 9.99. The number of rotatable bonds is 6. The number of nitro groups is 1. The van der Waals surface area contributed by atoms with Crippen LogP contribution in [0.25, 0.3) is 0 Å². The Morgan fingerprint density at radius 1 is 1.48 bits per heavy atom. The first-order valence-corrected chi connectivity index (χ1v) is 6.19. The minimum absolute atomic E-state index is 0.0435. The fraction of sp³-hybridized carbons (Fsp3) is 0.167. The Hall–Kier alpha value is -2.61. The molecule has 2 aromatic rings. The van der Waals surface area contributed by atoms with Crippen molar-refractivity contribution in [3.8, 4) is 5.75 Å². The van der Waals surface area contributed by atoms with Crippen LogP contribution in [0.3, 0.4) is 0 Å². The average Bonchev–Trinajstić information content (AvgIpc) is 2.80. The number of carboxylic acid groups (broad SMARTS) is 1. The van der Waals surface area contributed by atoms with E-state index in [1.165, 1.54) is 23.0 Å². The van der Waals surface area contributed by atoms with Crippen molar-refractivity contribution >= 4 is 23.4 Å². The zero-order valence-electron chi connectivity index (χ0n) is 10.6. The van der Waals surface area contributed by atoms with E-state index in [4.69, 9.17) is 21.4 Å². The summed E-state index contributed by atoms with van der Waals surface area (Å²) in [6.45, 7) is 0.293. The van der Waals surface area contributed by atoms with Gasteiger partial charge in [0.1, 0.15) is 17.9 Å². The normalized spacial score (nSPS) is 10.3. The molecule has 1 N–H and O–H groups in total. The van der Waals surface area contributed by atoms with Gasteiger partial charge in [0.2, 0.25) is 0 Å². The summed E-state index contributed by atoms with van der Waals surface area (Å²) in [4.78, 5) is 20.9. The average molecular weight is 312 g/mol. The Balaban J connectivity index is 2.00. The predicted octanol–water partition coefficient (Wildman–Crippen LogP) is 2.22. The number of benzene rings is 1. The third kappa shape index (κ3) is 3.48. The molecular formula is C12H10ClN3O5. The lowest BCUT2D eigenvalue weighted by Crippen LogP contribution is -2.11. The van der Waals surface area contributed by atoms with Crippen molar-refractivity contribution in [2.75, 3.05) is 6.61 Å². The molecule has 0 amide bonds. The van der Waals surface area contributed by atoms with Gasteiger partial charge in [-0.05, 0) is 17.1 Å². The molecule has 1 aromatic carbocycles. The van der Waals surface area contributed by atoms with Crippen molar-refractivity contribution in [1.82, 2.24) is 9.78 Å². The number of hydrogen-bond acceptors (Lipinski definition) is 5. The minimum atomic E-state index is -1.09. The van der Waals surface area contributed by atoms with Gasteiger partial charge in [-0.2, -0.15) is 4.68 Å². The molecule has 0 fully saturated rings. The number of hydrogen-bond donors (Lipinski definition) is 1. The van der Waals surface area contributed by atoms with Crippen LogP contribution >= 0.6 is 11.6 Å². The molecule has 0 spiro atoms. The van der Waals surface area contributed by atoms with Crippen LogP contribution in [0.4, 0.5) is 5.82 Å². The molecule has 9 heteroatoms. The second kappa shape index (κ2) is 6.23. The molecule has 0 aliphatic heterocycles. The summed E-state index contributed by atoms with van der Waals surface area (Å²) in [5, 5.41) is 23.2. The third-order valence-electron chi connectivity index (χ3n) is 2.57. The monoisotopic (exact) mass is 311 g/mol. The van der Waals surface area contributed by atoms with E-state index in [0.717, 1.165) is 0 Å². The van der Waals surface area contributed by atoms with Crippen molar-refractivity contribution in [2.24, 2.45) is 0 Å². The van der Waals surface area contributed by atoms with Crippen molar-refractivity contribution < 1.29 is 19.6 Å². The number of aromatic carboxylic acids is 1. The zero-order valence-corrected chi connectivity index (χ0v) is 11.4. The van der Waals surface area contributed by atoms with Crippen LogP contribution in [0.2, 0.25) is 5.02 Å². The minimum Gasteiger partial charge on any atom is -0.491 e. The van der Waals surface area contributed by atoms with Gasteiger partial charge in [0.25, 0.3) is 0 Å². The van der Waals surface area contributed by atoms with Crippen molar-refractivity contribution in [3.63, 3.8) is 0 Å². The first-order valence-electron chi connectivity index (χ1n) is 5.81. The van der Waals surface area contributed by atoms with E-state index in [-0.39, 0.29) is 29.5 Å². The van der Waals surface area contributed by atoms with Crippen LogP contribution in [0.5, 0.6) is 5.75 Å². The fourth-order valence-electron chi connectivity index (χ4n) is 1.64. The summed E-state index contributed by atoms with van der Waals surface area (Å²) in [5.41, 5.74) is 0.0435. The molecule has 0 aliphatic carbocycles. The molecule has 21 heavy (non-hydrogen) atoms. The van der Waals surface area contributed by atoms with Gasteiger partial charge >= 0.3 is 11.8 Å². The standard InChI is InChI=1S/C12H10ClN3O5/c13-9-7-15(14-11(9)16(19)20)5-6-21-10-4-2-1-3-8(10)12(17)18/h1-4,7H,5-6H2,(H,17,18). The molecule has 0 atom stereocenters. The maximum Gasteiger partial charge on any atom is 0.408 e. The van der Waals surface area contributed by atoms with E-state index in [1.54, 1.807) is 12.1 Å².